The minimum absolute atomic E-state index is 0.0510. The van der Waals surface area contributed by atoms with Gasteiger partial charge in [0.05, 0.1) is 11.6 Å². The minimum atomic E-state index is -0.865. The third-order valence-corrected chi connectivity index (χ3v) is 9.16. The normalized spacial score (nSPS) is 18.4. The smallest absolute Gasteiger partial charge is 0.335 e. The summed E-state index contributed by atoms with van der Waals surface area (Å²) in [5.74, 6) is -0.330. The van der Waals surface area contributed by atoms with Crippen LogP contribution in [0.5, 0.6) is 11.5 Å². The Bertz CT molecular complexity index is 1650. The number of aromatic hydroxyl groups is 2. The van der Waals surface area contributed by atoms with Gasteiger partial charge in [-0.1, -0.05) is 54.6 Å². The van der Waals surface area contributed by atoms with Gasteiger partial charge in [0.15, 0.2) is 0 Å². The first-order chi connectivity index (χ1) is 23.2. The molecule has 2 unspecified atom stereocenters. The molecular weight excluding hydrogens is 604 g/mol. The fraction of sp³-hybridized carbons (Fsp3) is 0.333. The van der Waals surface area contributed by atoms with Crippen LogP contribution in [0.2, 0.25) is 0 Å². The quantitative estimate of drug-likeness (QED) is 0.207. The summed E-state index contributed by atoms with van der Waals surface area (Å²) in [7, 11) is 2.14. The molecule has 0 saturated carbocycles. The number of benzene rings is 4. The molecule has 4 aromatic rings. The molecule has 0 spiro atoms. The van der Waals surface area contributed by atoms with E-state index in [1.807, 2.05) is 72.8 Å². The maximum atomic E-state index is 11.4. The standard InChI is InChI=1S/C26H28N2O3.C13H18N2O2/c1-19-16-27(17-20-5-3-9-24(30)14-20)11-12-28(19)26(23-8-4-10-25(31)15-23)22-7-2-6-21(13-22)18-29;1-14-6-8-15(9-7-14)10-11-2-4-12(5-3-11)13(16)17/h2-10,13-15,18-19,26,30-31H,11-12,16-17H2,1H3;2-5H,6-10H2,1H3,(H,16,17). The van der Waals surface area contributed by atoms with Gasteiger partial charge in [0.1, 0.15) is 17.8 Å². The molecule has 9 nitrogen and oxygen atoms in total. The van der Waals surface area contributed by atoms with E-state index in [0.717, 1.165) is 81.9 Å². The van der Waals surface area contributed by atoms with Gasteiger partial charge < -0.3 is 20.2 Å². The van der Waals surface area contributed by atoms with E-state index < -0.39 is 5.97 Å². The van der Waals surface area contributed by atoms with E-state index in [4.69, 9.17) is 5.11 Å². The van der Waals surface area contributed by atoms with Crippen LogP contribution in [0.4, 0.5) is 0 Å². The number of piperazine rings is 2. The molecule has 2 atom stereocenters. The highest BCUT2D eigenvalue weighted by atomic mass is 16.4. The van der Waals surface area contributed by atoms with Crippen molar-refractivity contribution < 1.29 is 24.9 Å². The summed E-state index contributed by atoms with van der Waals surface area (Å²) < 4.78 is 0. The van der Waals surface area contributed by atoms with E-state index in [1.54, 1.807) is 24.3 Å². The number of carboxylic acid groups (broad SMARTS) is 1. The van der Waals surface area contributed by atoms with E-state index in [-0.39, 0.29) is 17.8 Å². The second-order valence-corrected chi connectivity index (χ2v) is 12.9. The van der Waals surface area contributed by atoms with Crippen molar-refractivity contribution in [2.45, 2.75) is 32.1 Å². The molecule has 2 saturated heterocycles. The molecule has 2 aliphatic rings. The Morgan fingerprint density at radius 3 is 1.98 bits per heavy atom. The van der Waals surface area contributed by atoms with Gasteiger partial charge >= 0.3 is 5.97 Å². The van der Waals surface area contributed by atoms with Crippen LogP contribution >= 0.6 is 0 Å². The predicted octanol–water partition coefficient (Wildman–Crippen LogP) is 5.34. The van der Waals surface area contributed by atoms with Crippen molar-refractivity contribution in [2.24, 2.45) is 0 Å². The first kappa shape index (κ1) is 34.8. The van der Waals surface area contributed by atoms with Crippen molar-refractivity contribution in [3.63, 3.8) is 0 Å². The third-order valence-electron chi connectivity index (χ3n) is 9.16. The van der Waals surface area contributed by atoms with Gasteiger partial charge in [0.25, 0.3) is 0 Å². The Morgan fingerprint density at radius 1 is 0.750 bits per heavy atom. The Morgan fingerprint density at radius 2 is 1.35 bits per heavy atom. The number of rotatable bonds is 9. The molecule has 0 amide bonds. The third kappa shape index (κ3) is 9.51. The lowest BCUT2D eigenvalue weighted by atomic mass is 9.93. The number of likely N-dealkylation sites (N-methyl/N-ethyl adjacent to an activating group) is 1. The highest BCUT2D eigenvalue weighted by molar-refractivity contribution is 5.87. The number of aromatic carboxylic acids is 1. The van der Waals surface area contributed by atoms with E-state index in [1.165, 1.54) is 5.56 Å². The second-order valence-electron chi connectivity index (χ2n) is 12.9. The largest absolute Gasteiger partial charge is 0.508 e. The van der Waals surface area contributed by atoms with Gasteiger partial charge in [-0.25, -0.2) is 4.79 Å². The number of hydrogen-bond donors (Lipinski definition) is 3. The van der Waals surface area contributed by atoms with Crippen molar-refractivity contribution in [3.05, 3.63) is 130 Å². The number of phenols is 2. The second kappa shape index (κ2) is 16.5. The van der Waals surface area contributed by atoms with Gasteiger partial charge in [0.2, 0.25) is 0 Å². The van der Waals surface area contributed by atoms with Gasteiger partial charge in [-0.3, -0.25) is 19.5 Å². The maximum absolute atomic E-state index is 11.4. The molecule has 0 radical (unpaired) electrons. The molecule has 0 aliphatic carbocycles. The van der Waals surface area contributed by atoms with Crippen LogP contribution in [0, 0.1) is 0 Å². The van der Waals surface area contributed by atoms with E-state index in [2.05, 4.69) is 33.6 Å². The zero-order valence-electron chi connectivity index (χ0n) is 27.8. The van der Waals surface area contributed by atoms with E-state index >= 15 is 0 Å². The summed E-state index contributed by atoms with van der Waals surface area (Å²) in [6, 6.07) is 29.9. The molecule has 4 aromatic carbocycles. The van der Waals surface area contributed by atoms with E-state index in [9.17, 15) is 19.8 Å². The SMILES string of the molecule is CC1CN(Cc2cccc(O)c2)CCN1C(c1cccc(O)c1)c1cccc(C=O)c1.CN1CCN(Cc2ccc(C(=O)O)cc2)CC1. The molecule has 48 heavy (non-hydrogen) atoms. The first-order valence-electron chi connectivity index (χ1n) is 16.5. The maximum Gasteiger partial charge on any atom is 0.335 e. The number of aldehydes is 1. The topological polar surface area (TPSA) is 108 Å². The molecule has 2 aliphatic heterocycles. The Hall–Kier alpha value is -4.54. The van der Waals surface area contributed by atoms with Crippen LogP contribution in [0.3, 0.4) is 0 Å². The number of carbonyl (C=O) groups excluding carboxylic acids is 1. The zero-order valence-corrected chi connectivity index (χ0v) is 27.8. The Labute approximate surface area is 283 Å². The minimum Gasteiger partial charge on any atom is -0.508 e. The summed E-state index contributed by atoms with van der Waals surface area (Å²) in [5, 5.41) is 28.7. The van der Waals surface area contributed by atoms with Crippen molar-refractivity contribution in [1.82, 2.24) is 19.6 Å². The zero-order chi connectivity index (χ0) is 34.0. The highest BCUT2D eigenvalue weighted by Crippen LogP contribution is 2.34. The molecule has 0 bridgehead atoms. The summed E-state index contributed by atoms with van der Waals surface area (Å²) in [5.41, 5.74) is 5.34. The monoisotopic (exact) mass is 650 g/mol. The fourth-order valence-electron chi connectivity index (χ4n) is 6.58. The average Bonchev–Trinajstić information content (AvgIpc) is 3.08. The fourth-order valence-corrected chi connectivity index (χ4v) is 6.58. The number of carboxylic acids is 1. The number of nitrogens with zero attached hydrogens (tertiary/aromatic N) is 4. The van der Waals surface area contributed by atoms with Crippen molar-refractivity contribution >= 4 is 12.3 Å². The summed E-state index contributed by atoms with van der Waals surface area (Å²) in [6.45, 7) is 10.9. The van der Waals surface area contributed by atoms with Crippen LogP contribution in [0.1, 0.15) is 55.9 Å². The average molecular weight is 651 g/mol. The van der Waals surface area contributed by atoms with E-state index in [0.29, 0.717) is 16.9 Å². The Kier molecular flexibility index (Phi) is 12.0. The van der Waals surface area contributed by atoms with Crippen molar-refractivity contribution in [3.8, 4) is 11.5 Å². The molecule has 0 aromatic heterocycles. The number of carbonyl (C=O) groups is 2. The van der Waals surface area contributed by atoms with Gasteiger partial charge in [0, 0.05) is 70.5 Å². The predicted molar refractivity (Wildman–Crippen MR) is 188 cm³/mol. The molecule has 2 heterocycles. The van der Waals surface area contributed by atoms with Crippen molar-refractivity contribution in [1.29, 1.82) is 0 Å². The van der Waals surface area contributed by atoms with Gasteiger partial charge in [-0.05, 0) is 78.7 Å². The molecule has 2 fully saturated rings. The van der Waals surface area contributed by atoms with Gasteiger partial charge in [-0.2, -0.15) is 0 Å². The first-order valence-corrected chi connectivity index (χ1v) is 16.5. The lowest BCUT2D eigenvalue weighted by Crippen LogP contribution is -2.52. The number of phenolic OH excluding ortho intramolecular Hbond substituents is 2. The van der Waals surface area contributed by atoms with Gasteiger partial charge in [-0.15, -0.1) is 0 Å². The molecule has 3 N–H and O–H groups in total. The lowest BCUT2D eigenvalue weighted by molar-refractivity contribution is 0.0567. The lowest BCUT2D eigenvalue weighted by Gasteiger charge is -2.44. The molecular formula is C39H46N4O5. The highest BCUT2D eigenvalue weighted by Gasteiger charge is 2.31. The van der Waals surface area contributed by atoms with Crippen LogP contribution in [-0.2, 0) is 13.1 Å². The van der Waals surface area contributed by atoms with Crippen LogP contribution < -0.4 is 0 Å². The van der Waals surface area contributed by atoms with Crippen molar-refractivity contribution in [2.75, 3.05) is 52.9 Å². The molecule has 252 valence electrons. The Balaban J connectivity index is 0.000000224. The van der Waals surface area contributed by atoms with Crippen LogP contribution in [0.15, 0.2) is 97.1 Å². The summed E-state index contributed by atoms with van der Waals surface area (Å²) >= 11 is 0. The molecule has 9 heteroatoms. The molecule has 6 rings (SSSR count). The number of hydrogen-bond acceptors (Lipinski definition) is 8. The van der Waals surface area contributed by atoms with Crippen LogP contribution in [-0.4, -0.2) is 106 Å². The summed E-state index contributed by atoms with van der Waals surface area (Å²) in [6.07, 6.45) is 0.875. The van der Waals surface area contributed by atoms with Crippen LogP contribution in [0.25, 0.3) is 0 Å². The summed E-state index contributed by atoms with van der Waals surface area (Å²) in [4.78, 5) is 31.7.